The normalized spacial score (nSPS) is 17.4. The fourth-order valence-corrected chi connectivity index (χ4v) is 3.97. The van der Waals surface area contributed by atoms with Crippen molar-refractivity contribution in [3.8, 4) is 11.1 Å². The van der Waals surface area contributed by atoms with E-state index in [1.807, 2.05) is 30.3 Å². The van der Waals surface area contributed by atoms with E-state index in [1.165, 1.54) is 0 Å². The summed E-state index contributed by atoms with van der Waals surface area (Å²) < 4.78 is 0. The molecule has 0 radical (unpaired) electrons. The molecule has 0 bridgehead atoms. The number of hydrogen-bond donors (Lipinski definition) is 2. The van der Waals surface area contributed by atoms with Crippen LogP contribution in [-0.4, -0.2) is 42.2 Å². The van der Waals surface area contributed by atoms with Gasteiger partial charge in [0, 0.05) is 41.6 Å². The van der Waals surface area contributed by atoms with Gasteiger partial charge in [-0.3, -0.25) is 0 Å². The van der Waals surface area contributed by atoms with Gasteiger partial charge in [0.25, 0.3) is 0 Å². The number of nitrogens with two attached hydrogens (primary N) is 1. The number of piperazine rings is 1. The van der Waals surface area contributed by atoms with E-state index in [0.29, 0.717) is 22.6 Å². The maximum Gasteiger partial charge on any atom is 0.140 e. The van der Waals surface area contributed by atoms with Crippen LogP contribution in [0.3, 0.4) is 0 Å². The molecule has 3 aromatic rings. The van der Waals surface area contributed by atoms with Crippen LogP contribution in [0.15, 0.2) is 42.7 Å². The Balaban J connectivity index is 1.77. The highest BCUT2D eigenvalue weighted by Gasteiger charge is 2.22. The maximum absolute atomic E-state index is 6.55. The second kappa shape index (κ2) is 7.98. The molecule has 27 heavy (non-hydrogen) atoms. The molecule has 0 amide bonds. The van der Waals surface area contributed by atoms with Crippen molar-refractivity contribution in [2.45, 2.75) is 12.5 Å². The Labute approximate surface area is 168 Å². The molecule has 0 aliphatic carbocycles. The first-order valence-electron chi connectivity index (χ1n) is 9.04. The minimum atomic E-state index is 0.372. The van der Waals surface area contributed by atoms with Gasteiger partial charge in [-0.2, -0.15) is 0 Å². The topological polar surface area (TPSA) is 67.1 Å². The minimum Gasteiger partial charge on any atom is -0.353 e. The zero-order chi connectivity index (χ0) is 18.8. The Morgan fingerprint density at radius 3 is 2.74 bits per heavy atom. The van der Waals surface area contributed by atoms with Gasteiger partial charge in [0.2, 0.25) is 0 Å². The molecular formula is C20H21Cl2N5. The summed E-state index contributed by atoms with van der Waals surface area (Å²) in [6, 6.07) is 12.0. The van der Waals surface area contributed by atoms with Crippen molar-refractivity contribution in [2.75, 3.05) is 31.1 Å². The zero-order valence-electron chi connectivity index (χ0n) is 14.8. The Hall–Kier alpha value is -1.92. The molecule has 1 unspecified atom stereocenters. The lowest BCUT2D eigenvalue weighted by Gasteiger charge is -2.35. The fourth-order valence-electron chi connectivity index (χ4n) is 3.58. The molecule has 4 rings (SSSR count). The van der Waals surface area contributed by atoms with E-state index >= 15 is 0 Å². The molecule has 1 fully saturated rings. The van der Waals surface area contributed by atoms with Crippen molar-refractivity contribution in [1.29, 1.82) is 0 Å². The summed E-state index contributed by atoms with van der Waals surface area (Å²) in [6.07, 6.45) is 2.55. The van der Waals surface area contributed by atoms with Crippen LogP contribution in [0.4, 0.5) is 5.82 Å². The van der Waals surface area contributed by atoms with Crippen LogP contribution in [0.1, 0.15) is 6.42 Å². The van der Waals surface area contributed by atoms with Gasteiger partial charge in [-0.25, -0.2) is 9.97 Å². The Morgan fingerprint density at radius 2 is 1.96 bits per heavy atom. The van der Waals surface area contributed by atoms with Crippen LogP contribution in [0.2, 0.25) is 10.0 Å². The number of aromatic nitrogens is 2. The quantitative estimate of drug-likeness (QED) is 0.696. The molecule has 2 aromatic carbocycles. The molecule has 2 heterocycles. The van der Waals surface area contributed by atoms with E-state index in [9.17, 15) is 0 Å². The average molecular weight is 402 g/mol. The van der Waals surface area contributed by atoms with Crippen LogP contribution in [0, 0.1) is 0 Å². The van der Waals surface area contributed by atoms with Crippen molar-refractivity contribution in [2.24, 2.45) is 5.73 Å². The van der Waals surface area contributed by atoms with Crippen molar-refractivity contribution in [3.05, 3.63) is 52.8 Å². The molecule has 7 heteroatoms. The maximum atomic E-state index is 6.55. The van der Waals surface area contributed by atoms with Crippen molar-refractivity contribution >= 4 is 39.9 Å². The Morgan fingerprint density at radius 1 is 1.15 bits per heavy atom. The number of hydrogen-bond acceptors (Lipinski definition) is 5. The van der Waals surface area contributed by atoms with Gasteiger partial charge in [0.15, 0.2) is 0 Å². The predicted molar refractivity (Wildman–Crippen MR) is 113 cm³/mol. The van der Waals surface area contributed by atoms with E-state index in [-0.39, 0.29) is 0 Å². The van der Waals surface area contributed by atoms with Gasteiger partial charge in [-0.1, -0.05) is 35.3 Å². The van der Waals surface area contributed by atoms with E-state index in [0.717, 1.165) is 53.9 Å². The molecule has 1 atom stereocenters. The second-order valence-corrected chi connectivity index (χ2v) is 7.57. The van der Waals surface area contributed by atoms with Crippen LogP contribution in [0.5, 0.6) is 0 Å². The summed E-state index contributed by atoms with van der Waals surface area (Å²) in [5.74, 6) is 0.940. The van der Waals surface area contributed by atoms with Crippen molar-refractivity contribution < 1.29 is 0 Å². The summed E-state index contributed by atoms with van der Waals surface area (Å²) in [6.45, 7) is 3.36. The highest BCUT2D eigenvalue weighted by Crippen LogP contribution is 2.35. The average Bonchev–Trinajstić information content (AvgIpc) is 2.68. The van der Waals surface area contributed by atoms with Crippen LogP contribution in [-0.2, 0) is 0 Å². The van der Waals surface area contributed by atoms with Gasteiger partial charge in [0.1, 0.15) is 12.1 Å². The summed E-state index contributed by atoms with van der Waals surface area (Å²) in [5.41, 5.74) is 8.55. The number of nitrogens with zero attached hydrogens (tertiary/aromatic N) is 3. The summed E-state index contributed by atoms with van der Waals surface area (Å²) in [5, 5.41) is 5.88. The number of halogens is 2. The Kier molecular flexibility index (Phi) is 5.45. The molecule has 0 spiro atoms. The second-order valence-electron chi connectivity index (χ2n) is 6.73. The summed E-state index contributed by atoms with van der Waals surface area (Å²) >= 11 is 12.6. The van der Waals surface area contributed by atoms with E-state index in [2.05, 4.69) is 26.3 Å². The van der Waals surface area contributed by atoms with Gasteiger partial charge in [-0.15, -0.1) is 0 Å². The number of anilines is 1. The zero-order valence-corrected chi connectivity index (χ0v) is 16.3. The molecule has 1 aliphatic rings. The number of fused-ring (bicyclic) bond motifs is 1. The summed E-state index contributed by atoms with van der Waals surface area (Å²) in [7, 11) is 0. The first kappa shape index (κ1) is 18.4. The predicted octanol–water partition coefficient (Wildman–Crippen LogP) is 3.73. The monoisotopic (exact) mass is 401 g/mol. The molecule has 3 N–H and O–H groups in total. The molecule has 1 saturated heterocycles. The molecule has 5 nitrogen and oxygen atoms in total. The van der Waals surface area contributed by atoms with E-state index in [4.69, 9.17) is 28.9 Å². The summed E-state index contributed by atoms with van der Waals surface area (Å²) in [4.78, 5) is 11.3. The van der Waals surface area contributed by atoms with E-state index < -0.39 is 0 Å². The van der Waals surface area contributed by atoms with E-state index in [1.54, 1.807) is 6.33 Å². The first-order valence-corrected chi connectivity index (χ1v) is 9.80. The molecular weight excluding hydrogens is 381 g/mol. The lowest BCUT2D eigenvalue weighted by molar-refractivity contribution is 0.437. The fraction of sp³-hybridized carbons (Fsp3) is 0.300. The molecule has 1 aromatic heterocycles. The Bertz CT molecular complexity index is 943. The van der Waals surface area contributed by atoms with Gasteiger partial charge in [0.05, 0.1) is 10.5 Å². The number of rotatable bonds is 4. The SMILES string of the molecule is NCCC1CN(c2ncnc3cc(Cl)c(-c4ccc(Cl)cc4)cc23)CCN1. The van der Waals surface area contributed by atoms with Gasteiger partial charge >= 0.3 is 0 Å². The first-order chi connectivity index (χ1) is 13.2. The highest BCUT2D eigenvalue weighted by atomic mass is 35.5. The van der Waals surface area contributed by atoms with Gasteiger partial charge < -0.3 is 16.0 Å². The van der Waals surface area contributed by atoms with Crippen molar-refractivity contribution in [1.82, 2.24) is 15.3 Å². The molecule has 140 valence electrons. The van der Waals surface area contributed by atoms with Crippen LogP contribution >= 0.6 is 23.2 Å². The van der Waals surface area contributed by atoms with Gasteiger partial charge in [-0.05, 0) is 42.8 Å². The highest BCUT2D eigenvalue weighted by molar-refractivity contribution is 6.34. The van der Waals surface area contributed by atoms with Crippen molar-refractivity contribution in [3.63, 3.8) is 0 Å². The lowest BCUT2D eigenvalue weighted by Crippen LogP contribution is -2.51. The third kappa shape index (κ3) is 3.87. The third-order valence-corrected chi connectivity index (χ3v) is 5.49. The van der Waals surface area contributed by atoms with Crippen LogP contribution < -0.4 is 16.0 Å². The number of nitrogens with one attached hydrogen (secondary N) is 1. The molecule has 0 saturated carbocycles. The smallest absolute Gasteiger partial charge is 0.140 e. The number of benzene rings is 2. The van der Waals surface area contributed by atoms with Crippen LogP contribution in [0.25, 0.3) is 22.0 Å². The minimum absolute atomic E-state index is 0.372. The third-order valence-electron chi connectivity index (χ3n) is 4.93. The standard InChI is InChI=1S/C20H21Cl2N5/c21-14-3-1-13(2-4-14)16-9-17-19(10-18(16)22)25-12-26-20(17)27-8-7-24-15(11-27)5-6-23/h1-4,9-10,12,15,24H,5-8,11,23H2. The largest absolute Gasteiger partial charge is 0.353 e. The molecule has 1 aliphatic heterocycles. The lowest BCUT2D eigenvalue weighted by atomic mass is 10.0.